The normalized spacial score (nSPS) is 12.0. The van der Waals surface area contributed by atoms with E-state index < -0.39 is 5.92 Å². The van der Waals surface area contributed by atoms with Crippen LogP contribution in [0.1, 0.15) is 21.8 Å². The SMILES string of the molecule is N#CC(C(=O)c1coc2ccccc12)c1cccc(Br)c1. The minimum atomic E-state index is -0.844. The van der Waals surface area contributed by atoms with E-state index in [-0.39, 0.29) is 5.78 Å². The molecular weight excluding hydrogens is 330 g/mol. The van der Waals surface area contributed by atoms with Crippen LogP contribution in [0.25, 0.3) is 11.0 Å². The van der Waals surface area contributed by atoms with Crippen LogP contribution in [0.2, 0.25) is 0 Å². The second-order valence-electron chi connectivity index (χ2n) is 4.63. The molecule has 21 heavy (non-hydrogen) atoms. The first-order valence-electron chi connectivity index (χ1n) is 6.36. The highest BCUT2D eigenvalue weighted by Crippen LogP contribution is 2.28. The number of halogens is 1. The number of carbonyl (C=O) groups excluding carboxylic acids is 1. The van der Waals surface area contributed by atoms with E-state index >= 15 is 0 Å². The molecule has 0 aliphatic heterocycles. The summed E-state index contributed by atoms with van der Waals surface area (Å²) in [6.45, 7) is 0. The average Bonchev–Trinajstić information content (AvgIpc) is 2.92. The fourth-order valence-electron chi connectivity index (χ4n) is 2.29. The van der Waals surface area contributed by atoms with Gasteiger partial charge in [-0.05, 0) is 23.8 Å². The Morgan fingerprint density at radius 2 is 2.00 bits per heavy atom. The van der Waals surface area contributed by atoms with Crippen LogP contribution in [0.15, 0.2) is 63.7 Å². The highest BCUT2D eigenvalue weighted by atomic mass is 79.9. The van der Waals surface area contributed by atoms with Crippen molar-refractivity contribution in [3.05, 3.63) is 70.4 Å². The molecule has 0 radical (unpaired) electrons. The Morgan fingerprint density at radius 3 is 2.76 bits per heavy atom. The maximum atomic E-state index is 12.7. The van der Waals surface area contributed by atoms with Crippen molar-refractivity contribution in [2.45, 2.75) is 5.92 Å². The zero-order valence-electron chi connectivity index (χ0n) is 10.9. The van der Waals surface area contributed by atoms with Crippen LogP contribution in [0.3, 0.4) is 0 Å². The van der Waals surface area contributed by atoms with E-state index in [1.807, 2.05) is 30.3 Å². The van der Waals surface area contributed by atoms with Gasteiger partial charge in [-0.1, -0.05) is 46.3 Å². The molecule has 1 heterocycles. The van der Waals surface area contributed by atoms with Crippen LogP contribution in [0.5, 0.6) is 0 Å². The fraction of sp³-hybridized carbons (Fsp3) is 0.0588. The molecule has 0 spiro atoms. The first-order chi connectivity index (χ1) is 10.2. The Labute approximate surface area is 129 Å². The molecule has 3 rings (SSSR count). The van der Waals surface area contributed by atoms with Gasteiger partial charge in [0, 0.05) is 9.86 Å². The highest BCUT2D eigenvalue weighted by Gasteiger charge is 2.25. The highest BCUT2D eigenvalue weighted by molar-refractivity contribution is 9.10. The molecule has 1 atom stereocenters. The summed E-state index contributed by atoms with van der Waals surface area (Å²) in [5.41, 5.74) is 1.76. The van der Waals surface area contributed by atoms with Gasteiger partial charge in [-0.15, -0.1) is 0 Å². The average molecular weight is 340 g/mol. The van der Waals surface area contributed by atoms with E-state index in [2.05, 4.69) is 22.0 Å². The molecule has 1 unspecified atom stereocenters. The lowest BCUT2D eigenvalue weighted by molar-refractivity contribution is 0.0979. The third kappa shape index (κ3) is 2.48. The van der Waals surface area contributed by atoms with Crippen molar-refractivity contribution in [1.82, 2.24) is 0 Å². The number of rotatable bonds is 3. The molecule has 0 bridgehead atoms. The molecule has 3 aromatic rings. The zero-order chi connectivity index (χ0) is 14.8. The van der Waals surface area contributed by atoms with Gasteiger partial charge in [-0.2, -0.15) is 5.26 Å². The molecule has 0 aliphatic rings. The van der Waals surface area contributed by atoms with Gasteiger partial charge in [0.05, 0.1) is 11.6 Å². The van der Waals surface area contributed by atoms with Crippen LogP contribution in [-0.4, -0.2) is 5.78 Å². The monoisotopic (exact) mass is 339 g/mol. The van der Waals surface area contributed by atoms with Crippen LogP contribution in [-0.2, 0) is 0 Å². The summed E-state index contributed by atoms with van der Waals surface area (Å²) in [5.74, 6) is -1.09. The Balaban J connectivity index is 2.06. The summed E-state index contributed by atoms with van der Waals surface area (Å²) in [6.07, 6.45) is 1.43. The molecule has 0 saturated heterocycles. The third-order valence-electron chi connectivity index (χ3n) is 3.32. The van der Waals surface area contributed by atoms with Crippen LogP contribution in [0, 0.1) is 11.3 Å². The largest absolute Gasteiger partial charge is 0.464 e. The smallest absolute Gasteiger partial charge is 0.188 e. The van der Waals surface area contributed by atoms with Gasteiger partial charge in [0.1, 0.15) is 17.8 Å². The number of ketones is 1. The minimum absolute atomic E-state index is 0.249. The Hall–Kier alpha value is -2.38. The Bertz CT molecular complexity index is 860. The molecule has 4 heteroatoms. The molecule has 0 saturated carbocycles. The summed E-state index contributed by atoms with van der Waals surface area (Å²) in [5, 5.41) is 10.1. The Kier molecular flexibility index (Phi) is 3.59. The molecule has 0 aliphatic carbocycles. The van der Waals surface area contributed by atoms with E-state index in [0.717, 1.165) is 9.86 Å². The van der Waals surface area contributed by atoms with Crippen LogP contribution in [0.4, 0.5) is 0 Å². The fourth-order valence-corrected chi connectivity index (χ4v) is 2.71. The molecular formula is C17H10BrNO2. The van der Waals surface area contributed by atoms with Crippen molar-refractivity contribution in [1.29, 1.82) is 5.26 Å². The summed E-state index contributed by atoms with van der Waals surface area (Å²) in [6, 6.07) is 16.6. The number of nitrogens with zero attached hydrogens (tertiary/aromatic N) is 1. The lowest BCUT2D eigenvalue weighted by atomic mass is 9.92. The minimum Gasteiger partial charge on any atom is -0.464 e. The van der Waals surface area contributed by atoms with Crippen LogP contribution < -0.4 is 0 Å². The lowest BCUT2D eigenvalue weighted by Crippen LogP contribution is -2.10. The van der Waals surface area contributed by atoms with E-state index in [4.69, 9.17) is 4.42 Å². The van der Waals surface area contributed by atoms with Crippen LogP contribution >= 0.6 is 15.9 Å². The molecule has 0 N–H and O–H groups in total. The lowest BCUT2D eigenvalue weighted by Gasteiger charge is -2.08. The number of Topliss-reactive ketones (excluding diaryl/α,β-unsaturated/α-hetero) is 1. The third-order valence-corrected chi connectivity index (χ3v) is 3.81. The molecule has 0 fully saturated rings. The number of carbonyl (C=O) groups is 1. The summed E-state index contributed by atoms with van der Waals surface area (Å²) >= 11 is 3.36. The molecule has 102 valence electrons. The van der Waals surface area contributed by atoms with Crippen molar-refractivity contribution < 1.29 is 9.21 Å². The number of hydrogen-bond donors (Lipinski definition) is 0. The number of fused-ring (bicyclic) bond motifs is 1. The van der Waals surface area contributed by atoms with Gasteiger partial charge >= 0.3 is 0 Å². The summed E-state index contributed by atoms with van der Waals surface area (Å²) in [4.78, 5) is 12.7. The first kappa shape index (κ1) is 13.6. The van der Waals surface area contributed by atoms with Gasteiger partial charge < -0.3 is 4.42 Å². The molecule has 2 aromatic carbocycles. The van der Waals surface area contributed by atoms with E-state index in [0.29, 0.717) is 16.7 Å². The predicted octanol–water partition coefficient (Wildman–Crippen LogP) is 4.69. The number of nitriles is 1. The van der Waals surface area contributed by atoms with Gasteiger partial charge in [-0.3, -0.25) is 4.79 Å². The number of hydrogen-bond acceptors (Lipinski definition) is 3. The van der Waals surface area contributed by atoms with Gasteiger partial charge in [0.2, 0.25) is 0 Å². The summed E-state index contributed by atoms with van der Waals surface area (Å²) in [7, 11) is 0. The number of para-hydroxylation sites is 1. The second-order valence-corrected chi connectivity index (χ2v) is 5.54. The van der Waals surface area contributed by atoms with E-state index in [9.17, 15) is 10.1 Å². The van der Waals surface area contributed by atoms with Gasteiger partial charge in [0.25, 0.3) is 0 Å². The van der Waals surface area contributed by atoms with E-state index in [1.165, 1.54) is 6.26 Å². The van der Waals surface area contributed by atoms with Crippen molar-refractivity contribution in [3.8, 4) is 6.07 Å². The maximum Gasteiger partial charge on any atom is 0.188 e. The number of furan rings is 1. The zero-order valence-corrected chi connectivity index (χ0v) is 12.5. The van der Waals surface area contributed by atoms with Crippen molar-refractivity contribution in [3.63, 3.8) is 0 Å². The topological polar surface area (TPSA) is 54.0 Å². The number of benzene rings is 2. The first-order valence-corrected chi connectivity index (χ1v) is 7.15. The molecule has 1 aromatic heterocycles. The second kappa shape index (κ2) is 5.55. The quantitative estimate of drug-likeness (QED) is 0.650. The van der Waals surface area contributed by atoms with Gasteiger partial charge in [0.15, 0.2) is 5.78 Å². The van der Waals surface area contributed by atoms with Crippen molar-refractivity contribution >= 4 is 32.7 Å². The van der Waals surface area contributed by atoms with Crippen molar-refractivity contribution in [2.75, 3.05) is 0 Å². The standard InChI is InChI=1S/C17H10BrNO2/c18-12-5-3-4-11(8-12)14(9-19)17(20)15-10-21-16-7-2-1-6-13(15)16/h1-8,10,14H. The molecule has 0 amide bonds. The molecule has 3 nitrogen and oxygen atoms in total. The predicted molar refractivity (Wildman–Crippen MR) is 83.0 cm³/mol. The summed E-state index contributed by atoms with van der Waals surface area (Å²) < 4.78 is 6.22. The van der Waals surface area contributed by atoms with E-state index in [1.54, 1.807) is 18.2 Å². The van der Waals surface area contributed by atoms with Gasteiger partial charge in [-0.25, -0.2) is 0 Å². The maximum absolute atomic E-state index is 12.7. The van der Waals surface area contributed by atoms with Crippen molar-refractivity contribution in [2.24, 2.45) is 0 Å². The Morgan fingerprint density at radius 1 is 1.19 bits per heavy atom.